The second-order valence-corrected chi connectivity index (χ2v) is 15.4. The van der Waals surface area contributed by atoms with Crippen LogP contribution in [0.15, 0.2) is 186 Å². The molecule has 5 nitrogen and oxygen atoms in total. The van der Waals surface area contributed by atoms with Crippen molar-refractivity contribution in [3.63, 3.8) is 0 Å². The predicted octanol–water partition coefficient (Wildman–Crippen LogP) is 13.9. The maximum atomic E-state index is 6.56. The van der Waals surface area contributed by atoms with E-state index in [1.807, 2.05) is 47.7 Å². The molecule has 0 amide bonds. The summed E-state index contributed by atoms with van der Waals surface area (Å²) in [5.74, 6) is 1.83. The van der Waals surface area contributed by atoms with E-state index in [4.69, 9.17) is 19.4 Å². The van der Waals surface area contributed by atoms with Gasteiger partial charge in [0.05, 0.1) is 11.0 Å². The third-order valence-corrected chi connectivity index (χ3v) is 12.3. The number of hydrogen-bond donors (Lipinski definition) is 0. The fourth-order valence-electron chi connectivity index (χ4n) is 8.35. The zero-order valence-electron chi connectivity index (χ0n) is 30.4. The van der Waals surface area contributed by atoms with Gasteiger partial charge in [0.1, 0.15) is 11.2 Å². The molecule has 12 rings (SSSR count). The van der Waals surface area contributed by atoms with Crippen molar-refractivity contribution in [2.75, 3.05) is 0 Å². The van der Waals surface area contributed by atoms with Crippen LogP contribution in [0.4, 0.5) is 0 Å². The van der Waals surface area contributed by atoms with Crippen molar-refractivity contribution in [3.05, 3.63) is 182 Å². The summed E-state index contributed by atoms with van der Waals surface area (Å²) in [6.07, 6.45) is 0. The van der Waals surface area contributed by atoms with Gasteiger partial charge in [0.15, 0.2) is 17.5 Å². The Bertz CT molecular complexity index is 3510. The second kappa shape index (κ2) is 12.6. The van der Waals surface area contributed by atoms with E-state index in [1.165, 1.54) is 47.5 Å². The quantitative estimate of drug-likeness (QED) is 0.176. The molecule has 0 radical (unpaired) electrons. The van der Waals surface area contributed by atoms with Gasteiger partial charge in [-0.3, -0.25) is 0 Å². The third-order valence-electron chi connectivity index (χ3n) is 11.1. The Morgan fingerprint density at radius 2 is 0.982 bits per heavy atom. The molecular weight excluding hydrogens is 717 g/mol. The molecule has 0 spiro atoms. The van der Waals surface area contributed by atoms with Crippen LogP contribution in [-0.2, 0) is 0 Å². The van der Waals surface area contributed by atoms with Crippen LogP contribution in [0, 0.1) is 0 Å². The van der Waals surface area contributed by atoms with Crippen molar-refractivity contribution >= 4 is 75.3 Å². The van der Waals surface area contributed by atoms with Crippen LogP contribution in [-0.4, -0.2) is 19.5 Å². The Morgan fingerprint density at radius 3 is 1.77 bits per heavy atom. The summed E-state index contributed by atoms with van der Waals surface area (Å²) in [6.45, 7) is 0. The van der Waals surface area contributed by atoms with Crippen molar-refractivity contribution in [2.45, 2.75) is 0 Å². The van der Waals surface area contributed by atoms with Crippen LogP contribution in [0.5, 0.6) is 0 Å². The molecule has 12 aromatic rings. The van der Waals surface area contributed by atoms with E-state index in [-0.39, 0.29) is 0 Å². The molecule has 0 atom stereocenters. The molecule has 8 aromatic carbocycles. The summed E-state index contributed by atoms with van der Waals surface area (Å²) in [5, 5.41) is 7.26. The molecule has 0 bridgehead atoms. The second-order valence-electron chi connectivity index (χ2n) is 14.4. The molecule has 0 saturated heterocycles. The highest BCUT2D eigenvalue weighted by molar-refractivity contribution is 7.26. The lowest BCUT2D eigenvalue weighted by atomic mass is 10.0. The topological polar surface area (TPSA) is 56.7 Å². The number of fused-ring (bicyclic) bond motifs is 10. The van der Waals surface area contributed by atoms with Crippen molar-refractivity contribution < 1.29 is 4.42 Å². The number of aromatic nitrogens is 4. The van der Waals surface area contributed by atoms with Crippen molar-refractivity contribution in [3.8, 4) is 51.0 Å². The Morgan fingerprint density at radius 1 is 0.386 bits per heavy atom. The van der Waals surface area contributed by atoms with Gasteiger partial charge in [-0.1, -0.05) is 133 Å². The van der Waals surface area contributed by atoms with Crippen molar-refractivity contribution in [2.24, 2.45) is 0 Å². The van der Waals surface area contributed by atoms with Crippen LogP contribution in [0.2, 0.25) is 0 Å². The van der Waals surface area contributed by atoms with E-state index in [9.17, 15) is 0 Å². The lowest BCUT2D eigenvalue weighted by molar-refractivity contribution is 0.669. The van der Waals surface area contributed by atoms with Gasteiger partial charge in [0.25, 0.3) is 0 Å². The minimum Gasteiger partial charge on any atom is -0.456 e. The van der Waals surface area contributed by atoms with Crippen LogP contribution >= 0.6 is 11.3 Å². The van der Waals surface area contributed by atoms with Gasteiger partial charge in [-0.25, -0.2) is 15.0 Å². The first kappa shape index (κ1) is 31.9. The first-order chi connectivity index (χ1) is 28.2. The van der Waals surface area contributed by atoms with Gasteiger partial charge >= 0.3 is 0 Å². The van der Waals surface area contributed by atoms with Crippen LogP contribution < -0.4 is 0 Å². The third kappa shape index (κ3) is 5.12. The van der Waals surface area contributed by atoms with Crippen molar-refractivity contribution in [1.82, 2.24) is 19.5 Å². The smallest absolute Gasteiger partial charge is 0.164 e. The first-order valence-corrected chi connectivity index (χ1v) is 19.8. The number of para-hydroxylation sites is 1. The molecule has 0 unspecified atom stereocenters. The minimum atomic E-state index is 0.590. The zero-order chi connectivity index (χ0) is 37.5. The molecule has 57 heavy (non-hydrogen) atoms. The fraction of sp³-hybridized carbons (Fsp3) is 0. The predicted molar refractivity (Wildman–Crippen MR) is 236 cm³/mol. The average Bonchev–Trinajstić information content (AvgIpc) is 3.96. The van der Waals surface area contributed by atoms with E-state index < -0.39 is 0 Å². The molecule has 4 aromatic heterocycles. The molecule has 266 valence electrons. The Balaban J connectivity index is 0.983. The number of nitrogens with zero attached hydrogens (tertiary/aromatic N) is 4. The lowest BCUT2D eigenvalue weighted by Gasteiger charge is -2.09. The summed E-state index contributed by atoms with van der Waals surface area (Å²) in [4.78, 5) is 15.0. The van der Waals surface area contributed by atoms with E-state index in [1.54, 1.807) is 0 Å². The van der Waals surface area contributed by atoms with Crippen LogP contribution in [0.3, 0.4) is 0 Å². The lowest BCUT2D eigenvalue weighted by Crippen LogP contribution is -2.00. The van der Waals surface area contributed by atoms with Gasteiger partial charge in [-0.05, 0) is 59.7 Å². The highest BCUT2D eigenvalue weighted by Crippen LogP contribution is 2.44. The molecule has 0 saturated carbocycles. The number of furan rings is 1. The summed E-state index contributed by atoms with van der Waals surface area (Å²) < 4.78 is 11.6. The van der Waals surface area contributed by atoms with Crippen LogP contribution in [0.1, 0.15) is 0 Å². The molecule has 0 aliphatic carbocycles. The number of thiophene rings is 1. The van der Waals surface area contributed by atoms with Gasteiger partial charge < -0.3 is 8.98 Å². The number of rotatable bonds is 5. The SMILES string of the molecule is c1ccc(-c2ccc(-c3nc(-c4ccccc4)nc(-c4ccc5c(c4)oc4ccc(-n6c7ccccc7c7c8sc9ccccc9c8ccc76)cc45)n3)cc2)cc1. The maximum absolute atomic E-state index is 6.56. The number of hydrogen-bond acceptors (Lipinski definition) is 5. The highest BCUT2D eigenvalue weighted by Gasteiger charge is 2.19. The van der Waals surface area contributed by atoms with Gasteiger partial charge in [0, 0.05) is 64.1 Å². The number of benzene rings is 8. The summed E-state index contributed by atoms with van der Waals surface area (Å²) >= 11 is 1.88. The highest BCUT2D eigenvalue weighted by atomic mass is 32.1. The van der Waals surface area contributed by atoms with E-state index in [2.05, 4.69) is 150 Å². The van der Waals surface area contributed by atoms with E-state index in [0.29, 0.717) is 17.5 Å². The van der Waals surface area contributed by atoms with Crippen molar-refractivity contribution in [1.29, 1.82) is 0 Å². The van der Waals surface area contributed by atoms with Gasteiger partial charge in [-0.2, -0.15) is 0 Å². The molecule has 6 heteroatoms. The van der Waals surface area contributed by atoms with Gasteiger partial charge in [0.2, 0.25) is 0 Å². The molecule has 0 aliphatic rings. The van der Waals surface area contributed by atoms with E-state index >= 15 is 0 Å². The monoisotopic (exact) mass is 746 g/mol. The average molecular weight is 747 g/mol. The Hall–Kier alpha value is -7.41. The van der Waals surface area contributed by atoms with Gasteiger partial charge in [-0.15, -0.1) is 11.3 Å². The minimum absolute atomic E-state index is 0.590. The summed E-state index contributed by atoms with van der Waals surface area (Å²) in [7, 11) is 0. The standard InChI is InChI=1S/C51H30N4OS/c1-3-11-31(12-4-1)32-19-21-34(22-20-32)50-52-49(33-13-5-2-6-14-33)53-51(54-50)35-23-25-37-41-30-36(24-28-44(41)56-45(37)29-35)55-42-17-9-7-16-40(42)47-43(55)27-26-39-38-15-8-10-18-46(38)57-48(39)47/h1-30H. The summed E-state index contributed by atoms with van der Waals surface area (Å²) in [5.41, 5.74) is 10.1. The zero-order valence-corrected chi connectivity index (χ0v) is 31.2. The van der Waals surface area contributed by atoms with E-state index in [0.717, 1.165) is 49.9 Å². The maximum Gasteiger partial charge on any atom is 0.164 e. The molecular formula is C51H30N4OS. The largest absolute Gasteiger partial charge is 0.456 e. The molecule has 0 aliphatic heterocycles. The molecule has 0 N–H and O–H groups in total. The molecule has 0 fully saturated rings. The fourth-order valence-corrected chi connectivity index (χ4v) is 9.61. The first-order valence-electron chi connectivity index (χ1n) is 19.0. The molecule has 4 heterocycles. The Labute approximate surface area is 330 Å². The normalized spacial score (nSPS) is 11.9. The Kier molecular flexibility index (Phi) is 7.03. The summed E-state index contributed by atoms with van der Waals surface area (Å²) in [6, 6.07) is 63.7. The van der Waals surface area contributed by atoms with Crippen LogP contribution in [0.25, 0.3) is 115 Å².